The second kappa shape index (κ2) is 5.30. The van der Waals surface area contributed by atoms with E-state index >= 15 is 0 Å². The van der Waals surface area contributed by atoms with E-state index in [4.69, 9.17) is 4.52 Å². The highest BCUT2D eigenvalue weighted by Crippen LogP contribution is 2.27. The molecular weight excluding hydrogens is 204 g/mol. The molecule has 0 radical (unpaired) electrons. The van der Waals surface area contributed by atoms with Gasteiger partial charge in [-0.3, -0.25) is 0 Å². The van der Waals surface area contributed by atoms with Gasteiger partial charge in [0.2, 0.25) is 5.89 Å². The third-order valence-corrected chi connectivity index (χ3v) is 2.83. The van der Waals surface area contributed by atoms with Gasteiger partial charge in [-0.25, -0.2) is 0 Å². The van der Waals surface area contributed by atoms with E-state index in [0.29, 0.717) is 23.8 Å². The van der Waals surface area contributed by atoms with Crippen molar-refractivity contribution in [1.82, 2.24) is 15.5 Å². The fourth-order valence-electron chi connectivity index (χ4n) is 1.80. The number of hydrogen-bond acceptors (Lipinski definition) is 5. The fraction of sp³-hybridized carbons (Fsp3) is 0.818. The zero-order valence-electron chi connectivity index (χ0n) is 11.0. The number of aromatic nitrogens is 2. The Labute approximate surface area is 97.2 Å². The summed E-state index contributed by atoms with van der Waals surface area (Å²) in [5, 5.41) is 7.19. The SMILES string of the molecule is CNC(C)C(c1nc(N(C)C)no1)C(C)C. The maximum Gasteiger partial charge on any atom is 0.265 e. The molecule has 0 aliphatic rings. The van der Waals surface area contributed by atoms with Gasteiger partial charge in [0.1, 0.15) is 0 Å². The van der Waals surface area contributed by atoms with Crippen molar-refractivity contribution in [3.05, 3.63) is 5.89 Å². The van der Waals surface area contributed by atoms with Gasteiger partial charge < -0.3 is 14.7 Å². The average molecular weight is 226 g/mol. The fourth-order valence-corrected chi connectivity index (χ4v) is 1.80. The van der Waals surface area contributed by atoms with Crippen LogP contribution >= 0.6 is 0 Å². The predicted octanol–water partition coefficient (Wildman–Crippen LogP) is 1.48. The summed E-state index contributed by atoms with van der Waals surface area (Å²) >= 11 is 0. The van der Waals surface area contributed by atoms with Gasteiger partial charge in [-0.2, -0.15) is 4.98 Å². The smallest absolute Gasteiger partial charge is 0.265 e. The topological polar surface area (TPSA) is 54.2 Å². The van der Waals surface area contributed by atoms with E-state index in [0.717, 1.165) is 0 Å². The van der Waals surface area contributed by atoms with Gasteiger partial charge in [0.25, 0.3) is 5.95 Å². The summed E-state index contributed by atoms with van der Waals surface area (Å²) in [4.78, 5) is 6.25. The molecule has 1 N–H and O–H groups in total. The Balaban J connectivity index is 2.93. The molecule has 1 aromatic rings. The number of rotatable bonds is 5. The van der Waals surface area contributed by atoms with Gasteiger partial charge in [0.05, 0.1) is 5.92 Å². The van der Waals surface area contributed by atoms with Crippen LogP contribution in [0.2, 0.25) is 0 Å². The summed E-state index contributed by atoms with van der Waals surface area (Å²) in [5.41, 5.74) is 0. The van der Waals surface area contributed by atoms with E-state index < -0.39 is 0 Å². The molecule has 1 rings (SSSR count). The molecule has 16 heavy (non-hydrogen) atoms. The molecule has 0 fully saturated rings. The molecule has 0 bridgehead atoms. The van der Waals surface area contributed by atoms with Crippen molar-refractivity contribution in [3.63, 3.8) is 0 Å². The van der Waals surface area contributed by atoms with Crippen molar-refractivity contribution in [3.8, 4) is 0 Å². The van der Waals surface area contributed by atoms with Crippen LogP contribution in [0.15, 0.2) is 4.52 Å². The zero-order chi connectivity index (χ0) is 12.3. The summed E-state index contributed by atoms with van der Waals surface area (Å²) in [6.07, 6.45) is 0. The van der Waals surface area contributed by atoms with Crippen LogP contribution in [0.25, 0.3) is 0 Å². The Bertz CT molecular complexity index is 322. The van der Waals surface area contributed by atoms with Crippen molar-refractivity contribution in [2.75, 3.05) is 26.0 Å². The first-order valence-corrected chi connectivity index (χ1v) is 5.65. The third kappa shape index (κ3) is 2.72. The van der Waals surface area contributed by atoms with Crippen LogP contribution in [0.1, 0.15) is 32.6 Å². The molecule has 0 aromatic carbocycles. The minimum atomic E-state index is 0.242. The molecule has 0 saturated heterocycles. The van der Waals surface area contributed by atoms with Crippen LogP contribution in [0.4, 0.5) is 5.95 Å². The van der Waals surface area contributed by atoms with Gasteiger partial charge in [0, 0.05) is 20.1 Å². The quantitative estimate of drug-likeness (QED) is 0.824. The van der Waals surface area contributed by atoms with Gasteiger partial charge in [-0.1, -0.05) is 13.8 Å². The van der Waals surface area contributed by atoms with Crippen LogP contribution in [0, 0.1) is 5.92 Å². The summed E-state index contributed by atoms with van der Waals surface area (Å²) in [6, 6.07) is 0.315. The second-order valence-corrected chi connectivity index (χ2v) is 4.67. The van der Waals surface area contributed by atoms with E-state index in [1.54, 1.807) is 0 Å². The monoisotopic (exact) mass is 226 g/mol. The molecule has 1 aromatic heterocycles. The lowest BCUT2D eigenvalue weighted by atomic mass is 9.89. The summed E-state index contributed by atoms with van der Waals surface area (Å²) < 4.78 is 5.33. The first-order valence-electron chi connectivity index (χ1n) is 5.65. The maximum absolute atomic E-state index is 5.33. The molecule has 5 nitrogen and oxygen atoms in total. The minimum absolute atomic E-state index is 0.242. The molecule has 92 valence electrons. The molecule has 1 heterocycles. The number of nitrogens with zero attached hydrogens (tertiary/aromatic N) is 3. The predicted molar refractivity (Wildman–Crippen MR) is 64.7 cm³/mol. The average Bonchev–Trinajstić information content (AvgIpc) is 2.66. The lowest BCUT2D eigenvalue weighted by molar-refractivity contribution is 0.286. The van der Waals surface area contributed by atoms with Gasteiger partial charge in [0.15, 0.2) is 0 Å². The number of likely N-dealkylation sites (N-methyl/N-ethyl adjacent to an activating group) is 1. The molecule has 0 aliphatic heterocycles. The van der Waals surface area contributed by atoms with Crippen molar-refractivity contribution in [1.29, 1.82) is 0 Å². The lowest BCUT2D eigenvalue weighted by Crippen LogP contribution is -2.32. The van der Waals surface area contributed by atoms with Crippen LogP contribution in [-0.4, -0.2) is 37.3 Å². The standard InChI is InChI=1S/C11H22N4O/c1-7(2)9(8(3)12-4)10-13-11(14-16-10)15(5)6/h7-9,12H,1-6H3. The third-order valence-electron chi connectivity index (χ3n) is 2.83. The highest BCUT2D eigenvalue weighted by atomic mass is 16.5. The summed E-state index contributed by atoms with van der Waals surface area (Å²) in [6.45, 7) is 6.46. The lowest BCUT2D eigenvalue weighted by Gasteiger charge is -2.23. The molecule has 2 unspecified atom stereocenters. The molecule has 0 aliphatic carbocycles. The Morgan fingerprint density at radius 3 is 2.25 bits per heavy atom. The molecule has 0 spiro atoms. The van der Waals surface area contributed by atoms with E-state index in [-0.39, 0.29) is 5.92 Å². The van der Waals surface area contributed by atoms with E-state index in [1.807, 2.05) is 26.0 Å². The van der Waals surface area contributed by atoms with Crippen molar-refractivity contribution < 1.29 is 4.52 Å². The molecule has 2 atom stereocenters. The number of anilines is 1. The van der Waals surface area contributed by atoms with Crippen molar-refractivity contribution in [2.45, 2.75) is 32.7 Å². The number of hydrogen-bond donors (Lipinski definition) is 1. The Morgan fingerprint density at radius 1 is 1.25 bits per heavy atom. The zero-order valence-corrected chi connectivity index (χ0v) is 11.0. The summed E-state index contributed by atoms with van der Waals surface area (Å²) in [5.74, 6) is 2.04. The molecule has 0 amide bonds. The normalized spacial score (nSPS) is 15.2. The Hall–Kier alpha value is -1.10. The van der Waals surface area contributed by atoms with Crippen LogP contribution in [0.5, 0.6) is 0 Å². The van der Waals surface area contributed by atoms with E-state index in [1.165, 1.54) is 0 Å². The summed E-state index contributed by atoms with van der Waals surface area (Å²) in [7, 11) is 5.75. The molecule has 5 heteroatoms. The second-order valence-electron chi connectivity index (χ2n) is 4.67. The van der Waals surface area contributed by atoms with E-state index in [9.17, 15) is 0 Å². The molecule has 0 saturated carbocycles. The van der Waals surface area contributed by atoms with Crippen molar-refractivity contribution >= 4 is 5.95 Å². The van der Waals surface area contributed by atoms with Gasteiger partial charge >= 0.3 is 0 Å². The van der Waals surface area contributed by atoms with Crippen LogP contribution < -0.4 is 10.2 Å². The van der Waals surface area contributed by atoms with Crippen LogP contribution in [-0.2, 0) is 0 Å². The van der Waals surface area contributed by atoms with Gasteiger partial charge in [-0.05, 0) is 25.0 Å². The van der Waals surface area contributed by atoms with Gasteiger partial charge in [-0.15, -0.1) is 0 Å². The first kappa shape index (κ1) is 13.0. The van der Waals surface area contributed by atoms with Crippen molar-refractivity contribution in [2.24, 2.45) is 5.92 Å². The van der Waals surface area contributed by atoms with Crippen LogP contribution in [0.3, 0.4) is 0 Å². The minimum Gasteiger partial charge on any atom is -0.344 e. The highest BCUT2D eigenvalue weighted by Gasteiger charge is 2.27. The first-order chi connectivity index (χ1) is 7.47. The largest absolute Gasteiger partial charge is 0.344 e. The highest BCUT2D eigenvalue weighted by molar-refractivity contribution is 5.24. The van der Waals surface area contributed by atoms with E-state index in [2.05, 4.69) is 36.2 Å². The molecular formula is C11H22N4O. The number of nitrogens with one attached hydrogen (secondary N) is 1. The maximum atomic E-state index is 5.33. The Kier molecular flexibility index (Phi) is 4.29. The Morgan fingerprint density at radius 2 is 1.88 bits per heavy atom.